The number of anilines is 1. The lowest BCUT2D eigenvalue weighted by atomic mass is 10.4. The van der Waals surface area contributed by atoms with Crippen LogP contribution in [0.2, 0.25) is 5.15 Å². The highest BCUT2D eigenvalue weighted by Gasteiger charge is 2.24. The second-order valence-electron chi connectivity index (χ2n) is 3.01. The van der Waals surface area contributed by atoms with Crippen LogP contribution in [-0.4, -0.2) is 18.7 Å². The molecule has 1 N–H and O–H groups in total. The number of halogens is 1. The molecule has 16 heavy (non-hydrogen) atoms. The molecule has 0 fully saturated rings. The summed E-state index contributed by atoms with van der Waals surface area (Å²) in [6.45, 7) is 1.62. The summed E-state index contributed by atoms with van der Waals surface area (Å²) in [5, 5.41) is 7.65. The van der Waals surface area contributed by atoms with E-state index in [1.165, 1.54) is 12.3 Å². The largest absolute Gasteiger partial charge is 0.279 e. The van der Waals surface area contributed by atoms with Crippen molar-refractivity contribution in [2.75, 3.05) is 4.72 Å². The van der Waals surface area contributed by atoms with Gasteiger partial charge >= 0.3 is 0 Å². The highest BCUT2D eigenvalue weighted by molar-refractivity contribution is 7.93. The predicted octanol–water partition coefficient (Wildman–Crippen LogP) is 1.78. The van der Waals surface area contributed by atoms with Crippen molar-refractivity contribution in [3.05, 3.63) is 23.5 Å². The average molecular weight is 260 g/mol. The maximum absolute atomic E-state index is 11.7. The topological polar surface area (TPSA) is 82.8 Å². The maximum atomic E-state index is 11.7. The molecule has 1 rings (SSSR count). The number of hydrogen-bond acceptors (Lipinski definition) is 4. The second kappa shape index (κ2) is 5.14. The number of hydrogen-bond donors (Lipinski definition) is 1. The monoisotopic (exact) mass is 259 g/mol. The molecule has 1 unspecified atom stereocenters. The van der Waals surface area contributed by atoms with Crippen molar-refractivity contribution < 1.29 is 8.42 Å². The molecule has 1 aromatic heterocycles. The van der Waals surface area contributed by atoms with E-state index in [0.29, 0.717) is 0 Å². The van der Waals surface area contributed by atoms with Crippen LogP contribution in [0, 0.1) is 11.3 Å². The molecule has 1 heterocycles. The molecule has 0 saturated carbocycles. The Balaban J connectivity index is 2.99. The van der Waals surface area contributed by atoms with Crippen molar-refractivity contribution in [1.29, 1.82) is 5.26 Å². The van der Waals surface area contributed by atoms with Crippen molar-refractivity contribution in [1.82, 2.24) is 4.98 Å². The van der Waals surface area contributed by atoms with E-state index in [1.54, 1.807) is 19.1 Å². The Hall–Kier alpha value is -1.32. The fourth-order valence-electron chi connectivity index (χ4n) is 1.07. The van der Waals surface area contributed by atoms with Crippen LogP contribution in [0.15, 0.2) is 18.3 Å². The standard InChI is InChI=1S/C9H10ClN3O2S/c1-2-7(6-11)16(14,15)13-8-4-3-5-12-9(8)10/h3-5,7,13H,2H2,1H3. The zero-order valence-corrected chi connectivity index (χ0v) is 10.1. The van der Waals surface area contributed by atoms with Gasteiger partial charge in [-0.15, -0.1) is 0 Å². The molecule has 86 valence electrons. The Bertz CT molecular complexity index is 510. The van der Waals surface area contributed by atoms with Crippen LogP contribution in [-0.2, 0) is 10.0 Å². The highest BCUT2D eigenvalue weighted by Crippen LogP contribution is 2.20. The Labute approximate surface area is 99.1 Å². The summed E-state index contributed by atoms with van der Waals surface area (Å²) in [5.41, 5.74) is 0.179. The molecule has 1 atom stereocenters. The summed E-state index contributed by atoms with van der Waals surface area (Å²) in [5.74, 6) is 0. The predicted molar refractivity (Wildman–Crippen MR) is 61.5 cm³/mol. The zero-order chi connectivity index (χ0) is 12.2. The number of nitrogens with zero attached hydrogens (tertiary/aromatic N) is 2. The molecule has 0 aromatic carbocycles. The van der Waals surface area contributed by atoms with Gasteiger partial charge in [0.15, 0.2) is 10.4 Å². The summed E-state index contributed by atoms with van der Waals surface area (Å²) < 4.78 is 25.6. The van der Waals surface area contributed by atoms with E-state index in [-0.39, 0.29) is 17.3 Å². The first-order chi connectivity index (χ1) is 7.51. The van der Waals surface area contributed by atoms with Gasteiger partial charge in [-0.05, 0) is 18.6 Å². The average Bonchev–Trinajstić information content (AvgIpc) is 2.22. The smallest absolute Gasteiger partial charge is 0.249 e. The van der Waals surface area contributed by atoms with Crippen molar-refractivity contribution in [2.45, 2.75) is 18.6 Å². The minimum absolute atomic E-state index is 0.0545. The Morgan fingerprint density at radius 2 is 2.38 bits per heavy atom. The summed E-state index contributed by atoms with van der Waals surface area (Å²) in [4.78, 5) is 3.73. The normalized spacial score (nSPS) is 12.8. The zero-order valence-electron chi connectivity index (χ0n) is 8.51. The number of rotatable bonds is 4. The fraction of sp³-hybridized carbons (Fsp3) is 0.333. The van der Waals surface area contributed by atoms with E-state index in [1.807, 2.05) is 0 Å². The first kappa shape index (κ1) is 12.7. The third kappa shape index (κ3) is 2.84. The fourth-order valence-corrected chi connectivity index (χ4v) is 2.48. The molecule has 0 saturated heterocycles. The Kier molecular flexibility index (Phi) is 4.10. The molecular weight excluding hydrogens is 250 g/mol. The van der Waals surface area contributed by atoms with Gasteiger partial charge in [-0.25, -0.2) is 13.4 Å². The van der Waals surface area contributed by atoms with E-state index in [2.05, 4.69) is 9.71 Å². The van der Waals surface area contributed by atoms with Gasteiger partial charge in [0, 0.05) is 6.20 Å². The molecule has 0 aliphatic rings. The van der Waals surface area contributed by atoms with Crippen LogP contribution in [0.3, 0.4) is 0 Å². The van der Waals surface area contributed by atoms with Crippen molar-refractivity contribution in [2.24, 2.45) is 0 Å². The highest BCUT2D eigenvalue weighted by atomic mass is 35.5. The van der Waals surface area contributed by atoms with Gasteiger partial charge < -0.3 is 0 Å². The number of aromatic nitrogens is 1. The second-order valence-corrected chi connectivity index (χ2v) is 5.24. The summed E-state index contributed by atoms with van der Waals surface area (Å²) in [7, 11) is -3.73. The van der Waals surface area contributed by atoms with Crippen LogP contribution < -0.4 is 4.72 Å². The number of pyridine rings is 1. The van der Waals surface area contributed by atoms with Crippen molar-refractivity contribution >= 4 is 27.3 Å². The van der Waals surface area contributed by atoms with Gasteiger partial charge in [0.1, 0.15) is 0 Å². The van der Waals surface area contributed by atoms with Gasteiger partial charge in [-0.3, -0.25) is 4.72 Å². The van der Waals surface area contributed by atoms with Crippen LogP contribution >= 0.6 is 11.6 Å². The lowest BCUT2D eigenvalue weighted by molar-refractivity contribution is 0.593. The molecule has 0 radical (unpaired) electrons. The summed E-state index contributed by atoms with van der Waals surface area (Å²) >= 11 is 5.70. The van der Waals surface area contributed by atoms with Gasteiger partial charge in [-0.2, -0.15) is 5.26 Å². The van der Waals surface area contributed by atoms with Gasteiger partial charge in [0.05, 0.1) is 11.8 Å². The Morgan fingerprint density at radius 3 is 2.88 bits per heavy atom. The van der Waals surface area contributed by atoms with E-state index < -0.39 is 15.3 Å². The minimum atomic E-state index is -3.73. The molecule has 0 bridgehead atoms. The quantitative estimate of drug-likeness (QED) is 0.836. The van der Waals surface area contributed by atoms with Crippen LogP contribution in [0.5, 0.6) is 0 Å². The first-order valence-corrected chi connectivity index (χ1v) is 6.45. The third-order valence-corrected chi connectivity index (χ3v) is 3.89. The number of nitriles is 1. The summed E-state index contributed by atoms with van der Waals surface area (Å²) in [6, 6.07) is 4.75. The van der Waals surface area contributed by atoms with Crippen LogP contribution in [0.25, 0.3) is 0 Å². The maximum Gasteiger partial charge on any atom is 0.249 e. The van der Waals surface area contributed by atoms with E-state index in [4.69, 9.17) is 16.9 Å². The molecule has 1 aromatic rings. The first-order valence-electron chi connectivity index (χ1n) is 4.53. The minimum Gasteiger partial charge on any atom is -0.279 e. The molecular formula is C9H10ClN3O2S. The molecule has 5 nitrogen and oxygen atoms in total. The number of nitrogens with one attached hydrogen (secondary N) is 1. The molecule has 0 amide bonds. The van der Waals surface area contributed by atoms with Crippen molar-refractivity contribution in [3.63, 3.8) is 0 Å². The van der Waals surface area contributed by atoms with E-state index in [0.717, 1.165) is 0 Å². The molecule has 0 aliphatic heterocycles. The summed E-state index contributed by atoms with van der Waals surface area (Å²) in [6.07, 6.45) is 1.66. The van der Waals surface area contributed by atoms with Crippen LogP contribution in [0.1, 0.15) is 13.3 Å². The molecule has 7 heteroatoms. The van der Waals surface area contributed by atoms with Gasteiger partial charge in [-0.1, -0.05) is 18.5 Å². The SMILES string of the molecule is CCC(C#N)S(=O)(=O)Nc1cccnc1Cl. The lowest BCUT2D eigenvalue weighted by Crippen LogP contribution is -2.26. The lowest BCUT2D eigenvalue weighted by Gasteiger charge is -2.11. The number of sulfonamides is 1. The Morgan fingerprint density at radius 1 is 1.69 bits per heavy atom. The molecule has 0 aliphatic carbocycles. The van der Waals surface area contributed by atoms with Crippen molar-refractivity contribution in [3.8, 4) is 6.07 Å². The third-order valence-electron chi connectivity index (χ3n) is 1.90. The molecule has 0 spiro atoms. The van der Waals surface area contributed by atoms with Gasteiger partial charge in [0.25, 0.3) is 0 Å². The van der Waals surface area contributed by atoms with E-state index in [9.17, 15) is 8.42 Å². The van der Waals surface area contributed by atoms with Gasteiger partial charge in [0.2, 0.25) is 10.0 Å². The van der Waals surface area contributed by atoms with Crippen LogP contribution in [0.4, 0.5) is 5.69 Å². The van der Waals surface area contributed by atoms with E-state index >= 15 is 0 Å².